The third-order valence-corrected chi connectivity index (χ3v) is 7.15. The maximum absolute atomic E-state index is 13.1. The van der Waals surface area contributed by atoms with E-state index >= 15 is 0 Å². The highest BCUT2D eigenvalue weighted by molar-refractivity contribution is 6.30. The maximum atomic E-state index is 13.1. The molecule has 2 N–H and O–H groups in total. The quantitative estimate of drug-likeness (QED) is 0.110. The summed E-state index contributed by atoms with van der Waals surface area (Å²) in [5, 5.41) is 13.6. The van der Waals surface area contributed by atoms with Gasteiger partial charge in [-0.05, 0) is 66.9 Å². The fourth-order valence-corrected chi connectivity index (χ4v) is 4.80. The van der Waals surface area contributed by atoms with E-state index in [2.05, 4.69) is 5.32 Å². The summed E-state index contributed by atoms with van der Waals surface area (Å²) in [4.78, 5) is 39.7. The van der Waals surface area contributed by atoms with Gasteiger partial charge in [0.25, 0.3) is 0 Å². The van der Waals surface area contributed by atoms with Crippen LogP contribution in [-0.4, -0.2) is 42.0 Å². The molecule has 4 aromatic rings. The first-order chi connectivity index (χ1) is 20.9. The molecule has 0 saturated heterocycles. The van der Waals surface area contributed by atoms with Gasteiger partial charge in [-0.3, -0.25) is 9.59 Å². The largest absolute Gasteiger partial charge is 0.494 e. The van der Waals surface area contributed by atoms with E-state index in [4.69, 9.17) is 16.3 Å². The van der Waals surface area contributed by atoms with E-state index < -0.39 is 12.0 Å². The molecule has 7 nitrogen and oxygen atoms in total. The monoisotopic (exact) mass is 598 g/mol. The van der Waals surface area contributed by atoms with Crippen LogP contribution in [0.25, 0.3) is 0 Å². The summed E-state index contributed by atoms with van der Waals surface area (Å²) >= 11 is 6.01. The van der Waals surface area contributed by atoms with Crippen LogP contribution in [-0.2, 0) is 16.0 Å². The lowest BCUT2D eigenvalue weighted by Crippen LogP contribution is -2.32. The highest BCUT2D eigenvalue weighted by Gasteiger charge is 2.21. The number of halogens is 1. The van der Waals surface area contributed by atoms with Crippen LogP contribution in [0.3, 0.4) is 0 Å². The standard InChI is InChI=1S/C35H35ClN2O5/c1-2-9-33(39)38(28-18-16-27(36)17-19-28)22-8-23-43-29-20-14-25(15-21-29)24-32(35(41)42)37-31-13-7-6-12-30(31)34(40)26-10-4-3-5-11-26/h3-7,10-21,32,37H,2,8-9,22-24H2,1H3,(H,41,42)/t32-/m0/s1. The van der Waals surface area contributed by atoms with Gasteiger partial charge in [0.05, 0.1) is 6.61 Å². The molecular weight excluding hydrogens is 564 g/mol. The Morgan fingerprint density at radius 1 is 0.884 bits per heavy atom. The summed E-state index contributed by atoms with van der Waals surface area (Å²) in [5.41, 5.74) is 3.02. The maximum Gasteiger partial charge on any atom is 0.326 e. The molecular formula is C35H35ClN2O5. The van der Waals surface area contributed by atoms with Crippen molar-refractivity contribution in [2.45, 2.75) is 38.6 Å². The minimum absolute atomic E-state index is 0.0582. The predicted octanol–water partition coefficient (Wildman–Crippen LogP) is 7.28. The summed E-state index contributed by atoms with van der Waals surface area (Å²) < 4.78 is 5.91. The number of carbonyl (C=O) groups is 3. The van der Waals surface area contributed by atoms with Crippen molar-refractivity contribution in [3.05, 3.63) is 125 Å². The van der Waals surface area contributed by atoms with Gasteiger partial charge in [-0.25, -0.2) is 4.79 Å². The number of aliphatic carboxylic acids is 1. The number of ether oxygens (including phenoxy) is 1. The average molecular weight is 599 g/mol. The molecule has 43 heavy (non-hydrogen) atoms. The molecule has 0 spiro atoms. The fraction of sp³-hybridized carbons (Fsp3) is 0.229. The lowest BCUT2D eigenvalue weighted by molar-refractivity contribution is -0.137. The number of benzene rings is 4. The van der Waals surface area contributed by atoms with Gasteiger partial charge < -0.3 is 20.1 Å². The van der Waals surface area contributed by atoms with Gasteiger partial charge in [0.1, 0.15) is 11.8 Å². The molecule has 0 aliphatic rings. The summed E-state index contributed by atoms with van der Waals surface area (Å²) in [7, 11) is 0. The van der Waals surface area contributed by atoms with Crippen LogP contribution in [0.1, 0.15) is 47.7 Å². The van der Waals surface area contributed by atoms with Crippen molar-refractivity contribution >= 4 is 40.6 Å². The Labute approximate surface area is 257 Å². The number of carboxylic acids is 1. The van der Waals surface area contributed by atoms with Crippen molar-refractivity contribution in [1.82, 2.24) is 0 Å². The topological polar surface area (TPSA) is 95.9 Å². The lowest BCUT2D eigenvalue weighted by atomic mass is 10.00. The fourth-order valence-electron chi connectivity index (χ4n) is 4.68. The zero-order valence-corrected chi connectivity index (χ0v) is 24.8. The minimum atomic E-state index is -1.02. The van der Waals surface area contributed by atoms with Crippen molar-refractivity contribution < 1.29 is 24.2 Å². The van der Waals surface area contributed by atoms with Crippen molar-refractivity contribution in [2.75, 3.05) is 23.4 Å². The van der Waals surface area contributed by atoms with E-state index in [1.807, 2.05) is 37.3 Å². The highest BCUT2D eigenvalue weighted by Crippen LogP contribution is 2.23. The molecule has 0 aliphatic heterocycles. The minimum Gasteiger partial charge on any atom is -0.494 e. The highest BCUT2D eigenvalue weighted by atomic mass is 35.5. The van der Waals surface area contributed by atoms with Crippen LogP contribution in [0.2, 0.25) is 5.02 Å². The van der Waals surface area contributed by atoms with E-state index in [9.17, 15) is 19.5 Å². The smallest absolute Gasteiger partial charge is 0.326 e. The average Bonchev–Trinajstić information content (AvgIpc) is 3.02. The first-order valence-corrected chi connectivity index (χ1v) is 14.7. The Morgan fingerprint density at radius 2 is 1.56 bits per heavy atom. The molecule has 0 aromatic heterocycles. The molecule has 4 rings (SSSR count). The summed E-state index contributed by atoms with van der Waals surface area (Å²) in [5.74, 6) is -0.492. The zero-order valence-electron chi connectivity index (χ0n) is 24.0. The SMILES string of the molecule is CCCC(=O)N(CCCOc1ccc(C[C@H](Nc2ccccc2C(=O)c2ccccc2)C(=O)O)cc1)c1ccc(Cl)cc1. The van der Waals surface area contributed by atoms with E-state index in [1.54, 1.807) is 77.7 Å². The van der Waals surface area contributed by atoms with Crippen molar-refractivity contribution in [3.8, 4) is 5.75 Å². The number of hydrogen-bond acceptors (Lipinski definition) is 5. The lowest BCUT2D eigenvalue weighted by Gasteiger charge is -2.23. The third-order valence-electron chi connectivity index (χ3n) is 6.90. The number of amides is 1. The van der Waals surface area contributed by atoms with E-state index in [-0.39, 0.29) is 18.1 Å². The summed E-state index contributed by atoms with van der Waals surface area (Å²) in [6.45, 7) is 2.90. The molecule has 0 radical (unpaired) electrons. The molecule has 0 fully saturated rings. The van der Waals surface area contributed by atoms with Crippen molar-refractivity contribution in [2.24, 2.45) is 0 Å². The van der Waals surface area contributed by atoms with Crippen LogP contribution in [0.15, 0.2) is 103 Å². The number of para-hydroxylation sites is 1. The van der Waals surface area contributed by atoms with E-state index in [0.29, 0.717) is 53.6 Å². The zero-order chi connectivity index (χ0) is 30.6. The van der Waals surface area contributed by atoms with Crippen LogP contribution in [0.4, 0.5) is 11.4 Å². The molecule has 0 heterocycles. The molecule has 4 aromatic carbocycles. The Balaban J connectivity index is 1.34. The van der Waals surface area contributed by atoms with Gasteiger partial charge >= 0.3 is 5.97 Å². The third kappa shape index (κ3) is 8.93. The second-order valence-corrected chi connectivity index (χ2v) is 10.5. The summed E-state index contributed by atoms with van der Waals surface area (Å²) in [6, 6.07) is 29.4. The number of hydrogen-bond donors (Lipinski definition) is 2. The van der Waals surface area contributed by atoms with Crippen molar-refractivity contribution in [1.29, 1.82) is 0 Å². The van der Waals surface area contributed by atoms with Gasteiger partial charge in [0.2, 0.25) is 5.91 Å². The number of rotatable bonds is 15. The van der Waals surface area contributed by atoms with Crippen LogP contribution in [0, 0.1) is 0 Å². The Kier molecular flexibility index (Phi) is 11.3. The molecule has 0 saturated carbocycles. The number of carboxylic acid groups (broad SMARTS) is 1. The molecule has 8 heteroatoms. The Hall–Kier alpha value is -4.62. The molecule has 0 unspecified atom stereocenters. The molecule has 0 aliphatic carbocycles. The molecule has 0 bridgehead atoms. The number of nitrogens with zero attached hydrogens (tertiary/aromatic N) is 1. The Morgan fingerprint density at radius 3 is 2.23 bits per heavy atom. The second kappa shape index (κ2) is 15.6. The molecule has 1 amide bonds. The Bertz CT molecular complexity index is 1510. The van der Waals surface area contributed by atoms with Gasteiger partial charge in [-0.15, -0.1) is 0 Å². The number of ketones is 1. The molecule has 1 atom stereocenters. The number of nitrogens with one attached hydrogen (secondary N) is 1. The van der Waals surface area contributed by atoms with E-state index in [0.717, 1.165) is 17.7 Å². The number of anilines is 2. The first-order valence-electron chi connectivity index (χ1n) is 14.3. The predicted molar refractivity (Wildman–Crippen MR) is 170 cm³/mol. The van der Waals surface area contributed by atoms with Gasteiger partial charge in [-0.1, -0.05) is 73.1 Å². The van der Waals surface area contributed by atoms with Crippen LogP contribution >= 0.6 is 11.6 Å². The van der Waals surface area contributed by atoms with Gasteiger partial charge in [-0.2, -0.15) is 0 Å². The van der Waals surface area contributed by atoms with Crippen LogP contribution in [0.5, 0.6) is 5.75 Å². The van der Waals surface area contributed by atoms with Gasteiger partial charge in [0.15, 0.2) is 5.78 Å². The normalized spacial score (nSPS) is 11.4. The second-order valence-electron chi connectivity index (χ2n) is 10.1. The van der Waals surface area contributed by atoms with Crippen molar-refractivity contribution in [3.63, 3.8) is 0 Å². The first kappa shape index (κ1) is 31.3. The van der Waals surface area contributed by atoms with Gasteiger partial charge in [0, 0.05) is 46.9 Å². The van der Waals surface area contributed by atoms with Crippen LogP contribution < -0.4 is 15.0 Å². The number of carbonyl (C=O) groups excluding carboxylic acids is 2. The summed E-state index contributed by atoms with van der Waals surface area (Å²) in [6.07, 6.45) is 2.07. The van der Waals surface area contributed by atoms with E-state index in [1.165, 1.54) is 0 Å². The molecule has 222 valence electrons.